The molecule has 0 saturated heterocycles. The number of rotatable bonds is 8. The molecule has 30 heavy (non-hydrogen) atoms. The van der Waals surface area contributed by atoms with E-state index in [1.165, 1.54) is 0 Å². The van der Waals surface area contributed by atoms with Crippen LogP contribution in [0.5, 0.6) is 5.75 Å². The van der Waals surface area contributed by atoms with Gasteiger partial charge in [-0.1, -0.05) is 47.1 Å². The van der Waals surface area contributed by atoms with Crippen LogP contribution in [0.15, 0.2) is 63.5 Å². The van der Waals surface area contributed by atoms with Crippen molar-refractivity contribution in [3.05, 3.63) is 71.3 Å². The zero-order valence-electron chi connectivity index (χ0n) is 16.7. The number of ether oxygens (including phenoxy) is 1. The van der Waals surface area contributed by atoms with E-state index in [1.807, 2.05) is 61.3 Å². The predicted molar refractivity (Wildman–Crippen MR) is 113 cm³/mol. The molecule has 0 radical (unpaired) electrons. The van der Waals surface area contributed by atoms with Crippen LogP contribution in [0.4, 0.5) is 0 Å². The van der Waals surface area contributed by atoms with Crippen LogP contribution in [0.1, 0.15) is 11.7 Å². The number of aromatic nitrogens is 3. The summed E-state index contributed by atoms with van der Waals surface area (Å²) in [7, 11) is 1.97. The Morgan fingerprint density at radius 2 is 1.80 bits per heavy atom. The van der Waals surface area contributed by atoms with Crippen LogP contribution in [0.3, 0.4) is 0 Å². The highest BCUT2D eigenvalue weighted by Gasteiger charge is 2.22. The smallest absolute Gasteiger partial charge is 0.253 e. The second-order valence-corrected chi connectivity index (χ2v) is 7.31. The standard InChI is InChI=1S/C22H21ClN4O3/c1-15-20(21(26-30-15)16-6-4-3-5-7-16)22-25-24-19(29-22)14-27(2)12-13-28-18-10-8-17(23)9-11-18/h3-11H,12-14H2,1-2H3. The summed E-state index contributed by atoms with van der Waals surface area (Å²) < 4.78 is 17.0. The van der Waals surface area contributed by atoms with E-state index in [9.17, 15) is 0 Å². The van der Waals surface area contributed by atoms with E-state index in [0.717, 1.165) is 11.3 Å². The van der Waals surface area contributed by atoms with E-state index in [1.54, 1.807) is 12.1 Å². The van der Waals surface area contributed by atoms with E-state index in [4.69, 9.17) is 25.3 Å². The Hall–Kier alpha value is -3.16. The van der Waals surface area contributed by atoms with Crippen LogP contribution in [0.2, 0.25) is 5.02 Å². The minimum atomic E-state index is 0.397. The zero-order chi connectivity index (χ0) is 20.9. The van der Waals surface area contributed by atoms with E-state index < -0.39 is 0 Å². The Morgan fingerprint density at radius 1 is 1.03 bits per heavy atom. The van der Waals surface area contributed by atoms with Crippen molar-refractivity contribution in [3.8, 4) is 28.5 Å². The first-order valence-electron chi connectivity index (χ1n) is 9.51. The van der Waals surface area contributed by atoms with Crippen molar-refractivity contribution in [2.24, 2.45) is 0 Å². The van der Waals surface area contributed by atoms with Gasteiger partial charge in [0.1, 0.15) is 29.4 Å². The number of halogens is 1. The van der Waals surface area contributed by atoms with Crippen LogP contribution in [0.25, 0.3) is 22.7 Å². The van der Waals surface area contributed by atoms with Crippen LogP contribution in [0, 0.1) is 6.92 Å². The molecule has 7 nitrogen and oxygen atoms in total. The summed E-state index contributed by atoms with van der Waals surface area (Å²) in [6, 6.07) is 17.1. The lowest BCUT2D eigenvalue weighted by atomic mass is 10.1. The molecule has 0 N–H and O–H groups in total. The second kappa shape index (κ2) is 9.11. The van der Waals surface area contributed by atoms with E-state index in [-0.39, 0.29) is 0 Å². The average Bonchev–Trinajstić information content (AvgIpc) is 3.36. The zero-order valence-corrected chi connectivity index (χ0v) is 17.5. The van der Waals surface area contributed by atoms with Gasteiger partial charge in [0.25, 0.3) is 5.89 Å². The molecule has 0 saturated carbocycles. The van der Waals surface area contributed by atoms with E-state index >= 15 is 0 Å². The molecule has 2 aromatic carbocycles. The molecule has 0 amide bonds. The molecule has 0 fully saturated rings. The molecule has 4 rings (SSSR count). The summed E-state index contributed by atoms with van der Waals surface area (Å²) in [5.74, 6) is 2.32. The first-order valence-corrected chi connectivity index (χ1v) is 9.89. The van der Waals surface area contributed by atoms with Gasteiger partial charge in [-0.2, -0.15) is 0 Å². The average molecular weight is 425 g/mol. The Labute approximate surface area is 179 Å². The molecular formula is C22H21ClN4O3. The molecule has 0 aliphatic carbocycles. The molecule has 0 aliphatic heterocycles. The third kappa shape index (κ3) is 4.69. The van der Waals surface area contributed by atoms with Gasteiger partial charge in [0.15, 0.2) is 0 Å². The van der Waals surface area contributed by atoms with Crippen molar-refractivity contribution in [3.63, 3.8) is 0 Å². The minimum Gasteiger partial charge on any atom is -0.492 e. The molecule has 0 bridgehead atoms. The Morgan fingerprint density at radius 3 is 2.57 bits per heavy atom. The van der Waals surface area contributed by atoms with Gasteiger partial charge in [0, 0.05) is 17.1 Å². The molecule has 0 spiro atoms. The molecule has 4 aromatic rings. The third-order valence-corrected chi connectivity index (χ3v) is 4.80. The molecule has 2 heterocycles. The highest BCUT2D eigenvalue weighted by atomic mass is 35.5. The normalized spacial score (nSPS) is 11.2. The summed E-state index contributed by atoms with van der Waals surface area (Å²) in [5, 5.41) is 13.2. The molecule has 0 atom stereocenters. The molecule has 2 aromatic heterocycles. The van der Waals surface area contributed by atoms with Crippen molar-refractivity contribution < 1.29 is 13.7 Å². The number of benzene rings is 2. The van der Waals surface area contributed by atoms with Crippen LogP contribution >= 0.6 is 11.6 Å². The van der Waals surface area contributed by atoms with E-state index in [0.29, 0.717) is 53.5 Å². The lowest BCUT2D eigenvalue weighted by Crippen LogP contribution is -2.24. The summed E-state index contributed by atoms with van der Waals surface area (Å²) in [6.07, 6.45) is 0. The lowest BCUT2D eigenvalue weighted by molar-refractivity contribution is 0.220. The van der Waals surface area contributed by atoms with Gasteiger partial charge < -0.3 is 13.7 Å². The highest BCUT2D eigenvalue weighted by Crippen LogP contribution is 2.33. The minimum absolute atomic E-state index is 0.397. The summed E-state index contributed by atoms with van der Waals surface area (Å²) in [4.78, 5) is 2.05. The topological polar surface area (TPSA) is 77.4 Å². The maximum Gasteiger partial charge on any atom is 0.253 e. The van der Waals surface area contributed by atoms with Crippen molar-refractivity contribution in [2.45, 2.75) is 13.5 Å². The Balaban J connectivity index is 1.39. The molecule has 0 aliphatic rings. The van der Waals surface area contributed by atoms with Gasteiger partial charge in [0.05, 0.1) is 6.54 Å². The monoisotopic (exact) mass is 424 g/mol. The fourth-order valence-corrected chi connectivity index (χ4v) is 3.12. The molecule has 8 heteroatoms. The van der Waals surface area contributed by atoms with Crippen molar-refractivity contribution in [1.29, 1.82) is 0 Å². The predicted octanol–water partition coefficient (Wildman–Crippen LogP) is 4.86. The van der Waals surface area contributed by atoms with Crippen molar-refractivity contribution in [2.75, 3.05) is 20.2 Å². The van der Waals surface area contributed by atoms with Gasteiger partial charge in [-0.3, -0.25) is 4.90 Å². The lowest BCUT2D eigenvalue weighted by Gasteiger charge is -2.14. The van der Waals surface area contributed by atoms with E-state index in [2.05, 4.69) is 15.4 Å². The van der Waals surface area contributed by atoms with Gasteiger partial charge in [-0.15, -0.1) is 10.2 Å². The largest absolute Gasteiger partial charge is 0.492 e. The number of hydrogen-bond acceptors (Lipinski definition) is 7. The third-order valence-electron chi connectivity index (χ3n) is 4.55. The van der Waals surface area contributed by atoms with Crippen LogP contribution in [-0.4, -0.2) is 40.5 Å². The summed E-state index contributed by atoms with van der Waals surface area (Å²) in [6.45, 7) is 3.56. The van der Waals surface area contributed by atoms with Crippen LogP contribution in [-0.2, 0) is 6.54 Å². The first kappa shape index (κ1) is 20.1. The Bertz CT molecular complexity index is 1090. The van der Waals surface area contributed by atoms with Gasteiger partial charge in [0.2, 0.25) is 5.89 Å². The first-order chi connectivity index (χ1) is 14.6. The van der Waals surface area contributed by atoms with Crippen LogP contribution < -0.4 is 4.74 Å². The summed E-state index contributed by atoms with van der Waals surface area (Å²) in [5.41, 5.74) is 2.34. The molecule has 0 unspecified atom stereocenters. The summed E-state index contributed by atoms with van der Waals surface area (Å²) >= 11 is 5.88. The number of hydrogen-bond donors (Lipinski definition) is 0. The SMILES string of the molecule is Cc1onc(-c2ccccc2)c1-c1nnc(CN(C)CCOc2ccc(Cl)cc2)o1. The van der Waals surface area contributed by atoms with Gasteiger partial charge >= 0.3 is 0 Å². The number of nitrogens with zero attached hydrogens (tertiary/aromatic N) is 4. The van der Waals surface area contributed by atoms with Crippen molar-refractivity contribution >= 4 is 11.6 Å². The number of likely N-dealkylation sites (N-methyl/N-ethyl adjacent to an activating group) is 1. The fourth-order valence-electron chi connectivity index (χ4n) is 3.00. The quantitative estimate of drug-likeness (QED) is 0.399. The van der Waals surface area contributed by atoms with Gasteiger partial charge in [-0.25, -0.2) is 0 Å². The number of aryl methyl sites for hydroxylation is 1. The second-order valence-electron chi connectivity index (χ2n) is 6.87. The van der Waals surface area contributed by atoms with Crippen molar-refractivity contribution in [1.82, 2.24) is 20.3 Å². The fraction of sp³-hybridized carbons (Fsp3) is 0.227. The maximum atomic E-state index is 5.90. The molecular weight excluding hydrogens is 404 g/mol. The van der Waals surface area contributed by atoms with Gasteiger partial charge in [-0.05, 0) is 38.2 Å². The Kier molecular flexibility index (Phi) is 6.11. The molecule has 154 valence electrons. The highest BCUT2D eigenvalue weighted by molar-refractivity contribution is 6.30. The maximum absolute atomic E-state index is 5.90.